The van der Waals surface area contributed by atoms with E-state index in [9.17, 15) is 0 Å². The van der Waals surface area contributed by atoms with E-state index in [4.69, 9.17) is 19.7 Å². The molecule has 601 valence electrons. The molecule has 113 heavy (non-hydrogen) atoms. The van der Waals surface area contributed by atoms with Crippen molar-refractivity contribution in [2.24, 2.45) is 0 Å². The Labute approximate surface area is 771 Å². The van der Waals surface area contributed by atoms with Crippen LogP contribution in [0.25, 0.3) is 93.2 Å². The van der Waals surface area contributed by atoms with Gasteiger partial charge >= 0.3 is 0 Å². The van der Waals surface area contributed by atoms with Crippen LogP contribution in [-0.2, 0) is 98.1 Å². The molecule has 8 aliphatic carbocycles. The van der Waals surface area contributed by atoms with Crippen molar-refractivity contribution in [1.29, 1.82) is 0 Å². The quantitative estimate of drug-likeness (QED) is 0.155. The van der Waals surface area contributed by atoms with Gasteiger partial charge in [0.2, 0.25) is 0 Å². The van der Waals surface area contributed by atoms with Crippen molar-refractivity contribution in [1.82, 2.24) is 0 Å². The Bertz CT molecular complexity index is 4970. The van der Waals surface area contributed by atoms with Crippen molar-refractivity contribution in [3.05, 3.63) is 337 Å². The molecule has 0 heterocycles. The molecular weight excluding hydrogens is 1590 g/mol. The van der Waals surface area contributed by atoms with Crippen molar-refractivity contribution >= 4 is 82.1 Å². The smallest absolute Gasteiger partial charge is 0 e. The van der Waals surface area contributed by atoms with Crippen LogP contribution in [0, 0.1) is 93.4 Å². The van der Waals surface area contributed by atoms with E-state index >= 15 is 0 Å². The summed E-state index contributed by atoms with van der Waals surface area (Å²) in [6.45, 7) is 67.4. The van der Waals surface area contributed by atoms with Crippen LogP contribution in [0.1, 0.15) is 285 Å². The summed E-state index contributed by atoms with van der Waals surface area (Å²) in [5, 5.41) is 10.5. The van der Waals surface area contributed by atoms with E-state index in [1.54, 1.807) is 18.2 Å². The minimum Gasteiger partial charge on any atom is -0.344 e. The normalized spacial score (nSPS) is 12.4. The van der Waals surface area contributed by atoms with Gasteiger partial charge in [-0.1, -0.05) is 366 Å². The first-order chi connectivity index (χ1) is 49.9. The molecule has 9 aromatic rings. The summed E-state index contributed by atoms with van der Waals surface area (Å²) in [6.07, 6.45) is 37.4. The number of fused-ring (bicyclic) bond motifs is 7. The molecule has 3 radical (unpaired) electrons. The van der Waals surface area contributed by atoms with Crippen LogP contribution in [0.4, 0.5) is 0 Å². The molecule has 0 bridgehead atoms. The molecule has 0 amide bonds. The first kappa shape index (κ1) is 118. The van der Waals surface area contributed by atoms with E-state index in [-0.39, 0.29) is 158 Å². The van der Waals surface area contributed by atoms with E-state index in [1.165, 1.54) is 182 Å². The van der Waals surface area contributed by atoms with Crippen LogP contribution >= 0.6 is 0 Å². The van der Waals surface area contributed by atoms with Crippen LogP contribution in [0.5, 0.6) is 0 Å². The minimum atomic E-state index is 0. The Hall–Kier alpha value is -6.31. The van der Waals surface area contributed by atoms with Crippen LogP contribution in [-0.4, -0.2) is 0 Å². The zero-order valence-electron chi connectivity index (χ0n) is 68.2. The van der Waals surface area contributed by atoms with Gasteiger partial charge in [-0.15, -0.1) is 47.1 Å². The Morgan fingerprint density at radius 1 is 0.283 bits per heavy atom. The monoisotopic (exact) mass is 1730 g/mol. The molecule has 0 fully saturated rings. The predicted molar refractivity (Wildman–Crippen MR) is 512 cm³/mol. The molecule has 9 aromatic carbocycles. The van der Waals surface area contributed by atoms with Crippen molar-refractivity contribution < 1.29 is 98.1 Å². The van der Waals surface area contributed by atoms with Gasteiger partial charge in [-0.25, -0.2) is 18.2 Å². The summed E-state index contributed by atoms with van der Waals surface area (Å²) in [5.74, 6) is 0. The summed E-state index contributed by atoms with van der Waals surface area (Å²) in [5.41, 5.74) is 37.7. The SMILES string of the molecule is C.C.C.C.C.C.C.C.CC.CC.CC.CC.CC.CC.CC.CC.Cc1cc2cccc3c2c(c1C)C1=C(CC=C1)c1ccccc1-3.[CH-]=CC1=[C-]C2=C(C=CC2)c2c(C)c(C)cc3cccc1c23.[CH-]=CC1=[C-]C2=C(CC=C2)c2c(C)c(C)cc3cccc1c23.[CH-]=CC1=[C-]c2cccc3cc(C)c(C)c(c23)C2=C1CC=C2.[Y].[Y].[Y]. The van der Waals surface area contributed by atoms with Crippen LogP contribution < -0.4 is 0 Å². The third-order valence-electron chi connectivity index (χ3n) is 19.3. The number of hydrogen-bond donors (Lipinski definition) is 0. The van der Waals surface area contributed by atoms with Crippen molar-refractivity contribution in [3.8, 4) is 11.1 Å². The van der Waals surface area contributed by atoms with Gasteiger partial charge in [0.15, 0.2) is 0 Å². The fraction of sp³-hybridized carbons (Fsp3) is 0.327. The molecule has 0 saturated carbocycles. The fourth-order valence-corrected chi connectivity index (χ4v) is 14.7. The maximum Gasteiger partial charge on any atom is 0 e. The zero-order valence-corrected chi connectivity index (χ0v) is 76.7. The average molecular weight is 1740 g/mol. The van der Waals surface area contributed by atoms with Crippen LogP contribution in [0.2, 0.25) is 0 Å². The van der Waals surface area contributed by atoms with E-state index in [1.807, 2.05) is 111 Å². The van der Waals surface area contributed by atoms with Gasteiger partial charge in [-0.2, -0.15) is 16.7 Å². The summed E-state index contributed by atoms with van der Waals surface area (Å²) in [4.78, 5) is 0. The molecule has 0 N–H and O–H groups in total. The standard InChI is InChI=1S/C23H18.3C21H16.8C2H6.8CH4.3Y/c1-14-13-16-7-5-11-21-18-9-4-3-8-17(18)19-10-6-12-20(19)22(15(14)2)23(16)21;2*1-4-15-12-16-7-5-10-19(16)20-14(3)13(2)11-17-8-6-9-18(15)21(17)20;1-4-15-12-17-8-5-7-16-11-13(2)14(3)20(21(16)17)19-10-6-9-18(15)19;8*1-2;;;;;;;;;;;/h3-9,11-13H,10H2,1-2H3;1,4-6,8-11H,7H2,2-3H3;1,4-9,11H,10H2,2-3H3;1,4-8,10-11H,9H2,2-3H3;8*1-2H3;8*1H4;;;/q;3*-2;;;;;;;;;;;;;;;;;;;. The molecule has 3 heteroatoms. The number of benzene rings is 9. The van der Waals surface area contributed by atoms with E-state index < -0.39 is 0 Å². The Balaban J connectivity index is -0.000000309. The Morgan fingerprint density at radius 3 is 1.06 bits per heavy atom. The summed E-state index contributed by atoms with van der Waals surface area (Å²) in [7, 11) is 0. The van der Waals surface area contributed by atoms with Gasteiger partial charge < -0.3 is 25.8 Å². The van der Waals surface area contributed by atoms with Gasteiger partial charge in [0, 0.05) is 98.1 Å². The molecule has 0 unspecified atom stereocenters. The molecule has 0 spiro atoms. The number of rotatable bonds is 3. The average Bonchev–Trinajstić information content (AvgIpc) is 1.61. The van der Waals surface area contributed by atoms with E-state index in [2.05, 4.69) is 244 Å². The van der Waals surface area contributed by atoms with Crippen LogP contribution in [0.15, 0.2) is 210 Å². The molecule has 0 atom stereocenters. The molecule has 8 aliphatic rings. The van der Waals surface area contributed by atoms with Gasteiger partial charge in [-0.3, -0.25) is 28.9 Å². The largest absolute Gasteiger partial charge is 0.344 e. The first-order valence-electron chi connectivity index (χ1n) is 38.3. The maximum absolute atomic E-state index is 5.89. The van der Waals surface area contributed by atoms with Crippen molar-refractivity contribution in [2.45, 2.75) is 251 Å². The van der Waals surface area contributed by atoms with Crippen molar-refractivity contribution in [3.63, 3.8) is 0 Å². The van der Waals surface area contributed by atoms with Gasteiger partial charge in [0.1, 0.15) is 0 Å². The number of allylic oxidation sites excluding steroid dienone is 24. The van der Waals surface area contributed by atoms with Gasteiger partial charge in [0.05, 0.1) is 0 Å². The molecule has 0 saturated heterocycles. The summed E-state index contributed by atoms with van der Waals surface area (Å²) in [6, 6.07) is 44.1. The molecule has 0 aromatic heterocycles. The summed E-state index contributed by atoms with van der Waals surface area (Å²) < 4.78 is 0. The molecule has 0 nitrogen and oxygen atoms in total. The molecule has 0 aliphatic heterocycles. The minimum absolute atomic E-state index is 0. The third kappa shape index (κ3) is 23.8. The predicted octanol–water partition coefficient (Wildman–Crippen LogP) is 35.6. The van der Waals surface area contributed by atoms with E-state index in [0.717, 1.165) is 48.0 Å². The van der Waals surface area contributed by atoms with E-state index in [0.29, 0.717) is 0 Å². The third-order valence-corrected chi connectivity index (χ3v) is 19.3. The summed E-state index contributed by atoms with van der Waals surface area (Å²) >= 11 is 0. The molecular formula is C110H146Y3-6. The van der Waals surface area contributed by atoms with Crippen LogP contribution in [0.3, 0.4) is 0 Å². The first-order valence-corrected chi connectivity index (χ1v) is 38.3. The second-order valence-electron chi connectivity index (χ2n) is 24.0. The molecule has 17 rings (SSSR count). The Kier molecular flexibility index (Phi) is 59.2. The zero-order chi connectivity index (χ0) is 75.2. The fourth-order valence-electron chi connectivity index (χ4n) is 14.7. The van der Waals surface area contributed by atoms with Gasteiger partial charge in [-0.05, 0) is 180 Å². The maximum atomic E-state index is 5.89. The number of aryl methyl sites for hydroxylation is 4. The van der Waals surface area contributed by atoms with Gasteiger partial charge in [0.25, 0.3) is 0 Å². The number of hydrogen-bond acceptors (Lipinski definition) is 0. The van der Waals surface area contributed by atoms with Crippen molar-refractivity contribution in [2.75, 3.05) is 0 Å². The Morgan fingerprint density at radius 2 is 0.602 bits per heavy atom. The second kappa shape index (κ2) is 56.9. The second-order valence-corrected chi connectivity index (χ2v) is 24.0. The topological polar surface area (TPSA) is 0 Å².